The Labute approximate surface area is 108 Å². The third-order valence-electron chi connectivity index (χ3n) is 2.69. The van der Waals surface area contributed by atoms with Gasteiger partial charge in [-0.3, -0.25) is 4.79 Å². The molecule has 1 aliphatic carbocycles. The number of aromatic nitrogens is 2. The van der Waals surface area contributed by atoms with Gasteiger partial charge in [0.2, 0.25) is 0 Å². The van der Waals surface area contributed by atoms with E-state index >= 15 is 0 Å². The van der Waals surface area contributed by atoms with Gasteiger partial charge in [0.25, 0.3) is 0 Å². The molecule has 0 radical (unpaired) electrons. The van der Waals surface area contributed by atoms with E-state index in [9.17, 15) is 4.79 Å². The van der Waals surface area contributed by atoms with Crippen LogP contribution in [0.2, 0.25) is 0 Å². The van der Waals surface area contributed by atoms with Crippen LogP contribution in [0, 0.1) is 5.92 Å². The first-order valence-corrected chi connectivity index (χ1v) is 8.35. The van der Waals surface area contributed by atoms with E-state index in [0.717, 1.165) is 40.1 Å². The molecule has 0 N–H and O–H groups in total. The summed E-state index contributed by atoms with van der Waals surface area (Å²) in [6.45, 7) is 0. The quantitative estimate of drug-likeness (QED) is 0.772. The Bertz CT molecular complexity index is 367. The van der Waals surface area contributed by atoms with E-state index in [2.05, 4.69) is 10.2 Å². The molecule has 16 heavy (non-hydrogen) atoms. The largest absolute Gasteiger partial charge is 0.299 e. The van der Waals surface area contributed by atoms with E-state index < -0.39 is 0 Å². The Morgan fingerprint density at radius 3 is 2.88 bits per heavy atom. The molecule has 6 heteroatoms. The van der Waals surface area contributed by atoms with Crippen molar-refractivity contribution < 1.29 is 4.79 Å². The van der Waals surface area contributed by atoms with Gasteiger partial charge in [0.15, 0.2) is 8.68 Å². The van der Waals surface area contributed by atoms with Gasteiger partial charge in [0.1, 0.15) is 5.78 Å². The molecule has 0 aromatic carbocycles. The lowest BCUT2D eigenvalue weighted by Gasteiger charge is -2.04. The second kappa shape index (κ2) is 6.02. The van der Waals surface area contributed by atoms with Gasteiger partial charge in [-0.25, -0.2) is 0 Å². The van der Waals surface area contributed by atoms with Crippen LogP contribution >= 0.6 is 34.9 Å². The molecular weight excluding hydrogens is 260 g/mol. The van der Waals surface area contributed by atoms with Crippen molar-refractivity contribution in [1.29, 1.82) is 0 Å². The summed E-state index contributed by atoms with van der Waals surface area (Å²) in [7, 11) is 0. The molecule has 1 heterocycles. The maximum Gasteiger partial charge on any atom is 0.175 e. The molecule has 1 unspecified atom stereocenters. The van der Waals surface area contributed by atoms with E-state index in [0.29, 0.717) is 11.7 Å². The average Bonchev–Trinajstić information content (AvgIpc) is 2.89. The van der Waals surface area contributed by atoms with Crippen LogP contribution in [-0.4, -0.2) is 28.0 Å². The summed E-state index contributed by atoms with van der Waals surface area (Å²) in [5, 5.41) is 8.14. The fourth-order valence-corrected chi connectivity index (χ4v) is 4.38. The van der Waals surface area contributed by atoms with Gasteiger partial charge in [-0.1, -0.05) is 34.9 Å². The molecule has 88 valence electrons. The molecule has 1 atom stereocenters. The Balaban J connectivity index is 1.73. The first kappa shape index (κ1) is 12.4. The zero-order valence-corrected chi connectivity index (χ0v) is 11.6. The summed E-state index contributed by atoms with van der Waals surface area (Å²) in [6.07, 6.45) is 5.98. The Hall–Kier alpha value is -0.0700. The summed E-state index contributed by atoms with van der Waals surface area (Å²) >= 11 is 4.99. The number of Topliss-reactive ketones (excluding diaryl/α,β-unsaturated/α-hetero) is 1. The molecule has 1 aliphatic rings. The molecule has 1 aromatic rings. The van der Waals surface area contributed by atoms with Crippen molar-refractivity contribution in [2.24, 2.45) is 5.92 Å². The van der Waals surface area contributed by atoms with Gasteiger partial charge in [-0.05, 0) is 25.5 Å². The monoisotopic (exact) mass is 274 g/mol. The Morgan fingerprint density at radius 1 is 1.44 bits per heavy atom. The van der Waals surface area contributed by atoms with Crippen LogP contribution in [0.3, 0.4) is 0 Å². The molecule has 1 saturated carbocycles. The van der Waals surface area contributed by atoms with E-state index in [-0.39, 0.29) is 0 Å². The molecule has 2 rings (SSSR count). The van der Waals surface area contributed by atoms with E-state index in [4.69, 9.17) is 0 Å². The van der Waals surface area contributed by atoms with Crippen LogP contribution in [0.25, 0.3) is 0 Å². The smallest absolute Gasteiger partial charge is 0.175 e. The molecule has 3 nitrogen and oxygen atoms in total. The highest BCUT2D eigenvalue weighted by atomic mass is 32.2. The molecule has 0 saturated heterocycles. The third kappa shape index (κ3) is 3.21. The Kier molecular flexibility index (Phi) is 4.66. The molecule has 1 fully saturated rings. The number of ketones is 1. The van der Waals surface area contributed by atoms with Crippen LogP contribution in [-0.2, 0) is 4.79 Å². The summed E-state index contributed by atoms with van der Waals surface area (Å²) in [5.41, 5.74) is 0. The molecule has 0 spiro atoms. The predicted molar refractivity (Wildman–Crippen MR) is 69.4 cm³/mol. The summed E-state index contributed by atoms with van der Waals surface area (Å²) in [4.78, 5) is 11.4. The topological polar surface area (TPSA) is 42.9 Å². The maximum atomic E-state index is 11.4. The van der Waals surface area contributed by atoms with Gasteiger partial charge in [-0.2, -0.15) is 0 Å². The van der Waals surface area contributed by atoms with Gasteiger partial charge < -0.3 is 0 Å². The molecular formula is C10H14N2OS3. The molecule has 0 amide bonds. The van der Waals surface area contributed by atoms with Crippen molar-refractivity contribution in [3.05, 3.63) is 0 Å². The lowest BCUT2D eigenvalue weighted by molar-refractivity contribution is -0.120. The lowest BCUT2D eigenvalue weighted by atomic mass is 10.1. The maximum absolute atomic E-state index is 11.4. The lowest BCUT2D eigenvalue weighted by Crippen LogP contribution is -2.06. The highest BCUT2D eigenvalue weighted by Crippen LogP contribution is 2.30. The zero-order valence-electron chi connectivity index (χ0n) is 9.14. The van der Waals surface area contributed by atoms with Crippen molar-refractivity contribution in [3.8, 4) is 0 Å². The summed E-state index contributed by atoms with van der Waals surface area (Å²) < 4.78 is 2.04. The number of thioether (sulfide) groups is 2. The number of nitrogens with zero attached hydrogens (tertiary/aromatic N) is 2. The number of rotatable bonds is 5. The average molecular weight is 274 g/mol. The van der Waals surface area contributed by atoms with Crippen LogP contribution in [0.4, 0.5) is 0 Å². The van der Waals surface area contributed by atoms with Crippen molar-refractivity contribution in [2.75, 3.05) is 12.0 Å². The number of carbonyl (C=O) groups excluding carboxylic acids is 1. The number of hydrogen-bond donors (Lipinski definition) is 0. The van der Waals surface area contributed by atoms with Gasteiger partial charge in [-0.15, -0.1) is 10.2 Å². The highest BCUT2D eigenvalue weighted by Gasteiger charge is 2.23. The van der Waals surface area contributed by atoms with Crippen LogP contribution < -0.4 is 0 Å². The predicted octanol–water partition coefficient (Wildman–Crippen LogP) is 3.11. The van der Waals surface area contributed by atoms with Gasteiger partial charge >= 0.3 is 0 Å². The highest BCUT2D eigenvalue weighted by molar-refractivity contribution is 8.02. The number of carbonyl (C=O) groups is 1. The second-order valence-corrected chi connectivity index (χ2v) is 7.10. The second-order valence-electron chi connectivity index (χ2n) is 3.73. The normalized spacial score (nSPS) is 20.6. The minimum atomic E-state index is 0.320. The van der Waals surface area contributed by atoms with Crippen molar-refractivity contribution in [1.82, 2.24) is 10.2 Å². The van der Waals surface area contributed by atoms with Crippen molar-refractivity contribution >= 4 is 40.6 Å². The third-order valence-corrected chi connectivity index (χ3v) is 5.75. The minimum absolute atomic E-state index is 0.320. The fourth-order valence-electron chi connectivity index (χ4n) is 1.82. The van der Waals surface area contributed by atoms with Crippen LogP contribution in [0.5, 0.6) is 0 Å². The standard InChI is InChI=1S/C10H14N2OS3/c1-14-9-11-12-10(16-9)15-6-5-7-3-2-4-8(7)13/h7H,2-6H2,1H3. The summed E-state index contributed by atoms with van der Waals surface area (Å²) in [5.74, 6) is 1.77. The molecule has 0 bridgehead atoms. The molecule has 0 aliphatic heterocycles. The zero-order chi connectivity index (χ0) is 11.4. The van der Waals surface area contributed by atoms with Crippen molar-refractivity contribution in [3.63, 3.8) is 0 Å². The Morgan fingerprint density at radius 2 is 2.25 bits per heavy atom. The van der Waals surface area contributed by atoms with Crippen molar-refractivity contribution in [2.45, 2.75) is 34.4 Å². The first-order valence-electron chi connectivity index (χ1n) is 5.32. The van der Waals surface area contributed by atoms with Crippen LogP contribution in [0.15, 0.2) is 8.68 Å². The van der Waals surface area contributed by atoms with Gasteiger partial charge in [0, 0.05) is 18.1 Å². The first-order chi connectivity index (χ1) is 7.79. The fraction of sp³-hybridized carbons (Fsp3) is 0.700. The van der Waals surface area contributed by atoms with E-state index in [1.165, 1.54) is 0 Å². The van der Waals surface area contributed by atoms with E-state index in [1.807, 2.05) is 6.26 Å². The van der Waals surface area contributed by atoms with Crippen LogP contribution in [0.1, 0.15) is 25.7 Å². The SMILES string of the molecule is CSc1nnc(SCCC2CCCC2=O)s1. The van der Waals surface area contributed by atoms with Gasteiger partial charge in [0.05, 0.1) is 0 Å². The summed E-state index contributed by atoms with van der Waals surface area (Å²) in [6, 6.07) is 0. The molecule has 1 aromatic heterocycles. The minimum Gasteiger partial charge on any atom is -0.299 e. The number of hydrogen-bond acceptors (Lipinski definition) is 6. The van der Waals surface area contributed by atoms with E-state index in [1.54, 1.807) is 34.9 Å².